The number of rotatable bonds is 7. The number of benzene rings is 3. The average molecular weight is 624 g/mol. The second kappa shape index (κ2) is 11.7. The van der Waals surface area contributed by atoms with Crippen molar-refractivity contribution < 1.29 is 33.2 Å². The highest BCUT2D eigenvalue weighted by molar-refractivity contribution is 7.92. The van der Waals surface area contributed by atoms with E-state index in [1.165, 1.54) is 41.3 Å². The van der Waals surface area contributed by atoms with Crippen LogP contribution in [-0.4, -0.2) is 49.5 Å². The molecule has 218 valence electrons. The Labute approximate surface area is 247 Å². The third-order valence-electron chi connectivity index (χ3n) is 5.97. The number of nitrogens with one attached hydrogen (secondary N) is 1. The molecule has 1 aliphatic rings. The Morgan fingerprint density at radius 1 is 1.02 bits per heavy atom. The van der Waals surface area contributed by atoms with Gasteiger partial charge in [-0.15, -0.1) is 5.23 Å². The maximum Gasteiger partial charge on any atom is 0.327 e. The highest BCUT2D eigenvalue weighted by Gasteiger charge is 2.32. The lowest BCUT2D eigenvalue weighted by Gasteiger charge is -2.27. The lowest BCUT2D eigenvalue weighted by molar-refractivity contribution is -0.152. The van der Waals surface area contributed by atoms with Crippen molar-refractivity contribution >= 4 is 68.0 Å². The topological polar surface area (TPSA) is 140 Å². The van der Waals surface area contributed by atoms with Crippen molar-refractivity contribution in [3.63, 3.8) is 0 Å². The van der Waals surface area contributed by atoms with Gasteiger partial charge in [0.1, 0.15) is 17.8 Å². The van der Waals surface area contributed by atoms with Gasteiger partial charge in [-0.2, -0.15) is 0 Å². The summed E-state index contributed by atoms with van der Waals surface area (Å²) in [5, 5.41) is 21.7. The number of carbonyl (C=O) groups excluding carboxylic acids is 2. The smallest absolute Gasteiger partial charge is 0.327 e. The monoisotopic (exact) mass is 622 g/mol. The molecule has 0 aliphatic carbocycles. The molecule has 0 bridgehead atoms. The Hall–Kier alpha value is -3.55. The van der Waals surface area contributed by atoms with E-state index >= 15 is 0 Å². The van der Waals surface area contributed by atoms with Crippen molar-refractivity contribution in [3.8, 4) is 0 Å². The van der Waals surface area contributed by atoms with Crippen molar-refractivity contribution in [1.82, 2.24) is 0 Å². The van der Waals surface area contributed by atoms with E-state index in [-0.39, 0.29) is 43.8 Å². The van der Waals surface area contributed by atoms with E-state index in [0.29, 0.717) is 17.7 Å². The van der Waals surface area contributed by atoms with E-state index in [1.807, 2.05) is 0 Å². The molecule has 14 heteroatoms. The first-order chi connectivity index (χ1) is 19.2. The van der Waals surface area contributed by atoms with Gasteiger partial charge in [-0.25, -0.2) is 13.2 Å². The summed E-state index contributed by atoms with van der Waals surface area (Å²) in [6, 6.07) is 14.1. The van der Waals surface area contributed by atoms with Crippen LogP contribution in [0, 0.1) is 0 Å². The Balaban J connectivity index is 1.67. The zero-order valence-electron chi connectivity index (χ0n) is 22.3. The van der Waals surface area contributed by atoms with E-state index in [2.05, 4.69) is 5.32 Å². The fraction of sp³-hybridized carbons (Fsp3) is 0.259. The van der Waals surface area contributed by atoms with Gasteiger partial charge < -0.3 is 10.1 Å². The number of nitrogens with zero attached hydrogens (tertiary/aromatic N) is 3. The fourth-order valence-corrected chi connectivity index (χ4v) is 6.43. The van der Waals surface area contributed by atoms with Gasteiger partial charge in [0.15, 0.2) is 0 Å². The normalized spacial score (nSPS) is 13.0. The summed E-state index contributed by atoms with van der Waals surface area (Å²) in [6.45, 7) is 4.67. The van der Waals surface area contributed by atoms with Crippen LogP contribution in [0.1, 0.15) is 26.3 Å². The predicted molar refractivity (Wildman–Crippen MR) is 156 cm³/mol. The van der Waals surface area contributed by atoms with Crippen molar-refractivity contribution in [1.29, 1.82) is 0 Å². The number of halogens is 2. The molecule has 3 aromatic rings. The van der Waals surface area contributed by atoms with Crippen molar-refractivity contribution in [2.75, 3.05) is 32.8 Å². The summed E-state index contributed by atoms with van der Waals surface area (Å²) < 4.78 is 33.9. The van der Waals surface area contributed by atoms with Gasteiger partial charge in [0.25, 0.3) is 10.0 Å². The number of ether oxygens (including phenoxy) is 1. The molecule has 0 aromatic heterocycles. The average Bonchev–Trinajstić information content (AvgIpc) is 3.29. The molecule has 0 unspecified atom stereocenters. The number of amides is 2. The van der Waals surface area contributed by atoms with E-state index in [4.69, 9.17) is 27.9 Å². The number of fused-ring (bicyclic) bond motifs is 1. The minimum Gasteiger partial charge on any atom is -0.459 e. The molecule has 1 aliphatic heterocycles. The summed E-state index contributed by atoms with van der Waals surface area (Å²) in [5.74, 6) is -0.767. The second-order valence-electron chi connectivity index (χ2n) is 10.2. The molecule has 0 saturated heterocycles. The largest absolute Gasteiger partial charge is 0.459 e. The molecule has 0 spiro atoms. The van der Waals surface area contributed by atoms with Gasteiger partial charge in [0, 0.05) is 22.3 Å². The Morgan fingerprint density at radius 2 is 1.68 bits per heavy atom. The molecular weight excluding hydrogens is 595 g/mol. The second-order valence-corrected chi connectivity index (χ2v) is 12.9. The number of urea groups is 1. The number of esters is 1. The first-order valence-corrected chi connectivity index (χ1v) is 14.5. The van der Waals surface area contributed by atoms with Crippen LogP contribution in [0.5, 0.6) is 0 Å². The quantitative estimate of drug-likeness (QED) is 0.225. The van der Waals surface area contributed by atoms with Gasteiger partial charge in [-0.1, -0.05) is 35.3 Å². The van der Waals surface area contributed by atoms with Crippen LogP contribution in [0.25, 0.3) is 0 Å². The molecule has 0 fully saturated rings. The molecule has 3 N–H and O–H groups in total. The molecule has 11 nitrogen and oxygen atoms in total. The van der Waals surface area contributed by atoms with Gasteiger partial charge in [0.2, 0.25) is 0 Å². The molecule has 0 radical (unpaired) electrons. The van der Waals surface area contributed by atoms with E-state index < -0.39 is 34.2 Å². The third kappa shape index (κ3) is 7.03. The van der Waals surface area contributed by atoms with Crippen LogP contribution in [0.4, 0.5) is 27.5 Å². The number of carbonyl (C=O) groups is 2. The molecule has 1 heterocycles. The highest BCUT2D eigenvalue weighted by Crippen LogP contribution is 2.35. The number of hydrogen-bond donors (Lipinski definition) is 3. The van der Waals surface area contributed by atoms with Crippen LogP contribution in [0.15, 0.2) is 65.6 Å². The zero-order chi connectivity index (χ0) is 30.1. The summed E-state index contributed by atoms with van der Waals surface area (Å²) in [7, 11) is -4.33. The van der Waals surface area contributed by atoms with Gasteiger partial charge >= 0.3 is 12.0 Å². The molecule has 0 atom stereocenters. The number of sulfonamides is 1. The Kier molecular flexibility index (Phi) is 8.71. The van der Waals surface area contributed by atoms with Crippen LogP contribution in [0.2, 0.25) is 10.0 Å². The van der Waals surface area contributed by atoms with Crippen molar-refractivity contribution in [2.24, 2.45) is 0 Å². The first-order valence-electron chi connectivity index (χ1n) is 12.3. The molecule has 0 saturated carbocycles. The summed E-state index contributed by atoms with van der Waals surface area (Å²) in [4.78, 5) is 27.1. The van der Waals surface area contributed by atoms with E-state index in [0.717, 1.165) is 4.31 Å². The summed E-state index contributed by atoms with van der Waals surface area (Å²) in [6.07, 6.45) is 0.397. The lowest BCUT2D eigenvalue weighted by Crippen LogP contribution is -2.39. The number of anilines is 4. The van der Waals surface area contributed by atoms with Crippen LogP contribution >= 0.6 is 23.2 Å². The number of para-hydroxylation sites is 2. The van der Waals surface area contributed by atoms with Crippen LogP contribution in [-0.2, 0) is 26.0 Å². The van der Waals surface area contributed by atoms with Gasteiger partial charge in [-0.3, -0.25) is 24.4 Å². The van der Waals surface area contributed by atoms with Crippen molar-refractivity contribution in [3.05, 3.63) is 76.3 Å². The zero-order valence-corrected chi connectivity index (χ0v) is 24.7. The van der Waals surface area contributed by atoms with Crippen LogP contribution in [0.3, 0.4) is 0 Å². The molecule has 41 heavy (non-hydrogen) atoms. The molecule has 4 rings (SSSR count). The summed E-state index contributed by atoms with van der Waals surface area (Å²) >= 11 is 12.1. The van der Waals surface area contributed by atoms with Gasteiger partial charge in [0.05, 0.1) is 16.3 Å². The van der Waals surface area contributed by atoms with Gasteiger partial charge in [-0.05, 0) is 81.3 Å². The fourth-order valence-electron chi connectivity index (χ4n) is 4.30. The highest BCUT2D eigenvalue weighted by atomic mass is 35.5. The maximum atomic E-state index is 13.8. The van der Waals surface area contributed by atoms with Crippen LogP contribution < -0.4 is 19.7 Å². The Bertz CT molecular complexity index is 1570. The minimum atomic E-state index is -4.33. The lowest BCUT2D eigenvalue weighted by atomic mass is 10.1. The Morgan fingerprint density at radius 3 is 2.32 bits per heavy atom. The molecule has 3 aromatic carbocycles. The third-order valence-corrected chi connectivity index (χ3v) is 8.16. The molecular formula is C27H28Cl2N4O7S. The first kappa shape index (κ1) is 30.4. The maximum absolute atomic E-state index is 13.8. The van der Waals surface area contributed by atoms with E-state index in [1.54, 1.807) is 45.0 Å². The summed E-state index contributed by atoms with van der Waals surface area (Å²) in [5.41, 5.74) is 0.648. The number of hydrogen-bond acceptors (Lipinski definition) is 8. The molecule has 2 amide bonds. The standard InChI is InChI=1S/C27H28Cl2N4O7S/c1-27(2,3)40-25(34)16-32(41(38,39)21-14-18(28)13-19(29)15-21)20-8-9-23-17(12-20)10-11-31(23)26(35)30-22-6-4-5-7-24(22)33(36)37/h4-9,12-15,36-37H,10-11,16H2,1-3H3,(H,30,35). The van der Waals surface area contributed by atoms with Crippen molar-refractivity contribution in [2.45, 2.75) is 37.7 Å². The van der Waals surface area contributed by atoms with E-state index in [9.17, 15) is 28.4 Å². The SMILES string of the molecule is CC(C)(C)OC(=O)CN(c1ccc2c(c1)CCN2C(=O)Nc1ccccc1N(O)O)S(=O)(=O)c1cc(Cl)cc(Cl)c1. The predicted octanol–water partition coefficient (Wildman–Crippen LogP) is 5.71. The minimum absolute atomic E-state index is 0.0280.